The fourth-order valence-corrected chi connectivity index (χ4v) is 2.94. The van der Waals surface area contributed by atoms with Gasteiger partial charge in [0.25, 0.3) is 0 Å². The maximum atomic E-state index is 12.1. The summed E-state index contributed by atoms with van der Waals surface area (Å²) in [6, 6.07) is 3.90. The topological polar surface area (TPSA) is 85.2 Å². The van der Waals surface area contributed by atoms with E-state index in [1.807, 2.05) is 13.0 Å². The number of carbonyl (C=O) groups excluding carboxylic acids is 1. The van der Waals surface area contributed by atoms with E-state index in [1.165, 1.54) is 0 Å². The molecule has 3 rings (SSSR count). The lowest BCUT2D eigenvalue weighted by molar-refractivity contribution is -0.121. The zero-order valence-electron chi connectivity index (χ0n) is 13.9. The third kappa shape index (κ3) is 3.88. The van der Waals surface area contributed by atoms with Gasteiger partial charge in [-0.15, -0.1) is 0 Å². The third-order valence-electron chi connectivity index (χ3n) is 4.19. The normalized spacial score (nSPS) is 20.3. The summed E-state index contributed by atoms with van der Waals surface area (Å²) < 4.78 is 7.11. The summed E-state index contributed by atoms with van der Waals surface area (Å²) in [5, 5.41) is 7.02. The minimum Gasteiger partial charge on any atom is -0.380 e. The van der Waals surface area contributed by atoms with Crippen molar-refractivity contribution >= 4 is 11.7 Å². The van der Waals surface area contributed by atoms with Crippen molar-refractivity contribution in [3.63, 3.8) is 0 Å². The maximum absolute atomic E-state index is 12.1. The van der Waals surface area contributed by atoms with Crippen LogP contribution in [0, 0.1) is 6.92 Å². The Labute approximate surface area is 140 Å². The minimum absolute atomic E-state index is 0.0571. The molecule has 0 saturated carbocycles. The summed E-state index contributed by atoms with van der Waals surface area (Å²) >= 11 is 0. The van der Waals surface area contributed by atoms with Gasteiger partial charge in [0.2, 0.25) is 5.91 Å². The number of carbonyl (C=O) groups is 1. The van der Waals surface area contributed by atoms with Crippen LogP contribution < -0.4 is 10.2 Å². The predicted molar refractivity (Wildman–Crippen MR) is 88.6 cm³/mol. The van der Waals surface area contributed by atoms with Crippen molar-refractivity contribution in [2.24, 2.45) is 0 Å². The number of rotatable bonds is 6. The van der Waals surface area contributed by atoms with Crippen molar-refractivity contribution in [1.82, 2.24) is 25.1 Å². The number of nitrogens with zero attached hydrogens (tertiary/aromatic N) is 5. The van der Waals surface area contributed by atoms with E-state index in [0.29, 0.717) is 6.54 Å². The first-order chi connectivity index (χ1) is 11.7. The zero-order chi connectivity index (χ0) is 16.9. The molecule has 2 atom stereocenters. The standard InChI is InChI=1S/C16H22N6O2/c1-12-6-15(19-11-18-12)22-9-14(24-2)7-13(22)8-17-16(23)10-21-5-3-4-20-21/h3-6,11,13-14H,7-10H2,1-2H3,(H,17,23)/t13-,14-/m0/s1. The third-order valence-corrected chi connectivity index (χ3v) is 4.19. The Balaban J connectivity index is 1.62. The fraction of sp³-hybridized carbons (Fsp3) is 0.500. The van der Waals surface area contributed by atoms with Crippen LogP contribution in [0.5, 0.6) is 0 Å². The number of ether oxygens (including phenoxy) is 1. The van der Waals surface area contributed by atoms with Crippen molar-refractivity contribution in [2.75, 3.05) is 25.1 Å². The number of hydrogen-bond donors (Lipinski definition) is 1. The number of methoxy groups -OCH3 is 1. The molecule has 1 saturated heterocycles. The second-order valence-corrected chi connectivity index (χ2v) is 5.92. The molecule has 0 spiro atoms. The van der Waals surface area contributed by atoms with Gasteiger partial charge in [-0.2, -0.15) is 5.10 Å². The van der Waals surface area contributed by atoms with Crippen LogP contribution >= 0.6 is 0 Å². The van der Waals surface area contributed by atoms with Gasteiger partial charge in [0.1, 0.15) is 18.7 Å². The molecule has 8 nitrogen and oxygen atoms in total. The van der Waals surface area contributed by atoms with Gasteiger partial charge in [-0.05, 0) is 19.4 Å². The second kappa shape index (κ2) is 7.39. The first-order valence-electron chi connectivity index (χ1n) is 7.98. The highest BCUT2D eigenvalue weighted by atomic mass is 16.5. The zero-order valence-corrected chi connectivity index (χ0v) is 13.9. The molecule has 0 aromatic carbocycles. The van der Waals surface area contributed by atoms with E-state index < -0.39 is 0 Å². The van der Waals surface area contributed by atoms with Gasteiger partial charge in [-0.3, -0.25) is 9.48 Å². The van der Waals surface area contributed by atoms with Crippen LogP contribution in [0.25, 0.3) is 0 Å². The van der Waals surface area contributed by atoms with Gasteiger partial charge >= 0.3 is 0 Å². The average Bonchev–Trinajstić information content (AvgIpc) is 3.22. The Morgan fingerprint density at radius 1 is 1.46 bits per heavy atom. The number of aryl methyl sites for hydroxylation is 1. The van der Waals surface area contributed by atoms with E-state index in [1.54, 1.807) is 36.6 Å². The number of nitrogens with one attached hydrogen (secondary N) is 1. The van der Waals surface area contributed by atoms with E-state index >= 15 is 0 Å². The van der Waals surface area contributed by atoms with Gasteiger partial charge in [-0.25, -0.2) is 9.97 Å². The van der Waals surface area contributed by atoms with E-state index in [0.717, 1.165) is 24.5 Å². The molecule has 2 aromatic rings. The molecule has 8 heteroatoms. The van der Waals surface area contributed by atoms with Crippen molar-refractivity contribution in [3.05, 3.63) is 36.5 Å². The molecule has 3 heterocycles. The van der Waals surface area contributed by atoms with Gasteiger partial charge in [-0.1, -0.05) is 0 Å². The van der Waals surface area contributed by atoms with Crippen LogP contribution in [0.3, 0.4) is 0 Å². The molecule has 24 heavy (non-hydrogen) atoms. The van der Waals surface area contributed by atoms with Crippen LogP contribution in [0.4, 0.5) is 5.82 Å². The van der Waals surface area contributed by atoms with Gasteiger partial charge in [0.05, 0.1) is 12.1 Å². The van der Waals surface area contributed by atoms with Gasteiger partial charge in [0.15, 0.2) is 0 Å². The van der Waals surface area contributed by atoms with Gasteiger partial charge in [0, 0.05) is 44.4 Å². The molecule has 1 aliphatic rings. The maximum Gasteiger partial charge on any atom is 0.241 e. The van der Waals surface area contributed by atoms with E-state index in [9.17, 15) is 4.79 Å². The summed E-state index contributed by atoms with van der Waals surface area (Å²) in [4.78, 5) is 22.7. The highest BCUT2D eigenvalue weighted by molar-refractivity contribution is 5.75. The van der Waals surface area contributed by atoms with Gasteiger partial charge < -0.3 is 15.0 Å². The Kier molecular flexibility index (Phi) is 5.05. The lowest BCUT2D eigenvalue weighted by Gasteiger charge is -2.25. The monoisotopic (exact) mass is 330 g/mol. The molecule has 2 aromatic heterocycles. The highest BCUT2D eigenvalue weighted by Gasteiger charge is 2.33. The Morgan fingerprint density at radius 3 is 3.04 bits per heavy atom. The summed E-state index contributed by atoms with van der Waals surface area (Å²) in [6.07, 6.45) is 5.98. The number of aromatic nitrogens is 4. The van der Waals surface area contributed by atoms with Crippen molar-refractivity contribution in [1.29, 1.82) is 0 Å². The summed E-state index contributed by atoms with van der Waals surface area (Å²) in [6.45, 7) is 3.46. The van der Waals surface area contributed by atoms with E-state index in [2.05, 4.69) is 25.3 Å². The molecule has 1 amide bonds. The summed E-state index contributed by atoms with van der Waals surface area (Å²) in [5.41, 5.74) is 0.919. The molecular weight excluding hydrogens is 308 g/mol. The Hall–Kier alpha value is -2.48. The first kappa shape index (κ1) is 16.4. The minimum atomic E-state index is -0.0571. The van der Waals surface area contributed by atoms with E-state index in [-0.39, 0.29) is 24.6 Å². The number of amides is 1. The van der Waals surface area contributed by atoms with Crippen molar-refractivity contribution in [2.45, 2.75) is 32.0 Å². The number of anilines is 1. The summed E-state index contributed by atoms with van der Waals surface area (Å²) in [7, 11) is 1.72. The lowest BCUT2D eigenvalue weighted by atomic mass is 10.2. The Morgan fingerprint density at radius 2 is 2.33 bits per heavy atom. The first-order valence-corrected chi connectivity index (χ1v) is 7.98. The smallest absolute Gasteiger partial charge is 0.241 e. The molecular formula is C16H22N6O2. The molecule has 0 bridgehead atoms. The highest BCUT2D eigenvalue weighted by Crippen LogP contribution is 2.25. The average molecular weight is 330 g/mol. The van der Waals surface area contributed by atoms with Crippen LogP contribution in [0.2, 0.25) is 0 Å². The predicted octanol–water partition coefficient (Wildman–Crippen LogP) is 0.392. The van der Waals surface area contributed by atoms with Crippen LogP contribution in [0.1, 0.15) is 12.1 Å². The molecule has 1 aliphatic heterocycles. The molecule has 0 unspecified atom stereocenters. The summed E-state index contributed by atoms with van der Waals surface area (Å²) in [5.74, 6) is 0.812. The van der Waals surface area contributed by atoms with Crippen molar-refractivity contribution in [3.8, 4) is 0 Å². The molecule has 128 valence electrons. The second-order valence-electron chi connectivity index (χ2n) is 5.92. The molecule has 1 fully saturated rings. The molecule has 1 N–H and O–H groups in total. The lowest BCUT2D eigenvalue weighted by Crippen LogP contribution is -2.41. The van der Waals surface area contributed by atoms with E-state index in [4.69, 9.17) is 4.74 Å². The van der Waals surface area contributed by atoms with Crippen LogP contribution in [-0.4, -0.2) is 58.0 Å². The Bertz CT molecular complexity index is 675. The molecule has 0 aliphatic carbocycles. The molecule has 0 radical (unpaired) electrons. The SMILES string of the molecule is CO[C@H]1C[C@@H](CNC(=O)Cn2cccn2)N(c2cc(C)ncn2)C1. The van der Waals surface area contributed by atoms with Crippen LogP contribution in [0.15, 0.2) is 30.9 Å². The van der Waals surface area contributed by atoms with Crippen LogP contribution in [-0.2, 0) is 16.1 Å². The quantitative estimate of drug-likeness (QED) is 0.825. The largest absolute Gasteiger partial charge is 0.380 e. The van der Waals surface area contributed by atoms with Crippen molar-refractivity contribution < 1.29 is 9.53 Å². The fourth-order valence-electron chi connectivity index (χ4n) is 2.94. The number of hydrogen-bond acceptors (Lipinski definition) is 6.